The van der Waals surface area contributed by atoms with Gasteiger partial charge in [-0.25, -0.2) is 0 Å². The van der Waals surface area contributed by atoms with Crippen molar-refractivity contribution in [3.63, 3.8) is 0 Å². The molecule has 238 valence electrons. The SMILES string of the molecule is C=CC#N.C=CC#N.C=CC#N.C=CC#N.C=CC#N.C=CC#N.C=CC#N.C=CC#N.C=CC=CC(C=Cc1ccccc1)=CC#N. The van der Waals surface area contributed by atoms with E-state index in [9.17, 15) is 0 Å². The third-order valence-corrected chi connectivity index (χ3v) is 2.65. The number of nitriles is 9. The highest BCUT2D eigenvalue weighted by Gasteiger charge is 1.86. The average Bonchev–Trinajstić information content (AvgIpc) is 3.16. The number of allylic oxidation sites excluding steroid dienone is 14. The van der Waals surface area contributed by atoms with Gasteiger partial charge in [0.05, 0.1) is 54.6 Å². The Bertz CT molecular complexity index is 1290. The Balaban J connectivity index is -0.0000000697. The molecule has 0 atom stereocenters. The summed E-state index contributed by atoms with van der Waals surface area (Å²) in [5.74, 6) is 0. The lowest BCUT2D eigenvalue weighted by atomic mass is 10.1. The third-order valence-electron chi connectivity index (χ3n) is 2.65. The van der Waals surface area contributed by atoms with Gasteiger partial charge in [0.2, 0.25) is 0 Å². The molecule has 0 aliphatic carbocycles. The van der Waals surface area contributed by atoms with E-state index in [4.69, 9.17) is 47.4 Å². The quantitative estimate of drug-likeness (QED) is 0.228. The largest absolute Gasteiger partial charge is 0.193 e. The fraction of sp³-hybridized carbons (Fsp3) is 0. The molecule has 1 aromatic rings. The average molecular weight is 632 g/mol. The predicted molar refractivity (Wildman–Crippen MR) is 195 cm³/mol. The standard InChI is InChI=1S/C15H13N.8C3H3N/c1-2-3-7-15(12-13-16)11-10-14-8-5-4-6-9-14;8*1-2-3-4/h2-12H,1H2;8*2H,1H2. The summed E-state index contributed by atoms with van der Waals surface area (Å²) < 4.78 is 0. The highest BCUT2D eigenvalue weighted by molar-refractivity contribution is 5.55. The fourth-order valence-electron chi connectivity index (χ4n) is 1.16. The van der Waals surface area contributed by atoms with E-state index in [1.165, 1.54) is 54.7 Å². The Morgan fingerprint density at radius 1 is 0.417 bits per heavy atom. The highest BCUT2D eigenvalue weighted by Crippen LogP contribution is 2.06. The molecule has 0 saturated carbocycles. The molecule has 0 fully saturated rings. The summed E-state index contributed by atoms with van der Waals surface area (Å²) in [6.45, 7) is 28.5. The Morgan fingerprint density at radius 2 is 0.688 bits per heavy atom. The maximum Gasteiger partial charge on any atom is 0.0918 e. The Kier molecular flexibility index (Phi) is 102. The molecule has 0 heterocycles. The lowest BCUT2D eigenvalue weighted by molar-refractivity contribution is 1.52. The number of hydrogen-bond acceptors (Lipinski definition) is 9. The van der Waals surface area contributed by atoms with Gasteiger partial charge in [0.1, 0.15) is 0 Å². The van der Waals surface area contributed by atoms with E-state index in [2.05, 4.69) is 59.2 Å². The van der Waals surface area contributed by atoms with Crippen molar-refractivity contribution < 1.29 is 0 Å². The van der Waals surface area contributed by atoms with Crippen LogP contribution in [0.15, 0.2) is 174 Å². The summed E-state index contributed by atoms with van der Waals surface area (Å²) >= 11 is 0. The normalized spacial score (nSPS) is 6.44. The second-order valence-electron chi connectivity index (χ2n) is 5.78. The van der Waals surface area contributed by atoms with Gasteiger partial charge in [0.25, 0.3) is 0 Å². The van der Waals surface area contributed by atoms with Gasteiger partial charge < -0.3 is 0 Å². The molecule has 0 N–H and O–H groups in total. The van der Waals surface area contributed by atoms with E-state index in [0.717, 1.165) is 11.1 Å². The molecule has 1 aromatic carbocycles. The fourth-order valence-corrected chi connectivity index (χ4v) is 1.16. The summed E-state index contributed by atoms with van der Waals surface area (Å²) in [6.07, 6.45) is 20.1. The van der Waals surface area contributed by atoms with E-state index in [1.807, 2.05) is 54.6 Å². The summed E-state index contributed by atoms with van der Waals surface area (Å²) in [5, 5.41) is 68.7. The van der Waals surface area contributed by atoms with Crippen LogP contribution in [0.1, 0.15) is 5.56 Å². The van der Waals surface area contributed by atoms with Gasteiger partial charge in [-0.15, -0.1) is 0 Å². The topological polar surface area (TPSA) is 214 Å². The maximum atomic E-state index is 8.61. The summed E-state index contributed by atoms with van der Waals surface area (Å²) in [5.41, 5.74) is 1.96. The van der Waals surface area contributed by atoms with Crippen molar-refractivity contribution in [2.75, 3.05) is 0 Å². The molecule has 0 aliphatic heterocycles. The number of benzene rings is 1. The zero-order valence-electron chi connectivity index (χ0n) is 26.9. The minimum absolute atomic E-state index is 0.853. The van der Waals surface area contributed by atoms with Crippen molar-refractivity contribution in [3.8, 4) is 54.6 Å². The number of hydrogen-bond donors (Lipinski definition) is 0. The molecule has 0 saturated heterocycles. The Hall–Kier alpha value is -8.49. The first-order valence-electron chi connectivity index (χ1n) is 12.4. The summed E-state index contributed by atoms with van der Waals surface area (Å²) in [4.78, 5) is 0. The van der Waals surface area contributed by atoms with Crippen molar-refractivity contribution in [2.45, 2.75) is 0 Å². The predicted octanol–water partition coefficient (Wildman–Crippen LogP) is 9.46. The Labute approximate surface area is 287 Å². The molecule has 0 spiro atoms. The van der Waals surface area contributed by atoms with E-state index < -0.39 is 0 Å². The Morgan fingerprint density at radius 3 is 0.896 bits per heavy atom. The molecule has 0 unspecified atom stereocenters. The number of nitrogens with zero attached hydrogens (tertiary/aromatic N) is 9. The van der Waals surface area contributed by atoms with Crippen LogP contribution in [0, 0.1) is 102 Å². The summed E-state index contributed by atoms with van der Waals surface area (Å²) in [7, 11) is 0. The molecule has 0 radical (unpaired) electrons. The molecule has 1 rings (SSSR count). The first kappa shape index (κ1) is 59.0. The monoisotopic (exact) mass is 631 g/mol. The zero-order chi connectivity index (χ0) is 39.0. The highest BCUT2D eigenvalue weighted by atomic mass is 14.2. The van der Waals surface area contributed by atoms with Gasteiger partial charge in [0, 0.05) is 54.7 Å². The molecule has 0 aliphatic rings. The smallest absolute Gasteiger partial charge is 0.0918 e. The van der Waals surface area contributed by atoms with Crippen molar-refractivity contribution in [1.29, 1.82) is 47.4 Å². The van der Waals surface area contributed by atoms with Crippen LogP contribution in [0.25, 0.3) is 6.08 Å². The molecule has 9 nitrogen and oxygen atoms in total. The second-order valence-corrected chi connectivity index (χ2v) is 5.78. The van der Waals surface area contributed by atoms with Gasteiger partial charge in [0.15, 0.2) is 0 Å². The van der Waals surface area contributed by atoms with E-state index >= 15 is 0 Å². The van der Waals surface area contributed by atoms with Crippen LogP contribution in [0.3, 0.4) is 0 Å². The first-order valence-corrected chi connectivity index (χ1v) is 12.4. The lowest BCUT2D eigenvalue weighted by Crippen LogP contribution is -1.72. The van der Waals surface area contributed by atoms with Gasteiger partial charge in [-0.1, -0.05) is 120 Å². The first-order chi connectivity index (χ1) is 23.2. The van der Waals surface area contributed by atoms with Crippen LogP contribution in [0.5, 0.6) is 0 Å². The molecular formula is C39H37N9. The number of rotatable bonds is 4. The maximum absolute atomic E-state index is 8.61. The zero-order valence-corrected chi connectivity index (χ0v) is 26.9. The van der Waals surface area contributed by atoms with Crippen molar-refractivity contribution in [3.05, 3.63) is 180 Å². The van der Waals surface area contributed by atoms with E-state index in [-0.39, 0.29) is 0 Å². The van der Waals surface area contributed by atoms with Crippen LogP contribution in [0.2, 0.25) is 0 Å². The van der Waals surface area contributed by atoms with Gasteiger partial charge >= 0.3 is 0 Å². The van der Waals surface area contributed by atoms with Crippen molar-refractivity contribution in [2.24, 2.45) is 0 Å². The van der Waals surface area contributed by atoms with Crippen LogP contribution >= 0.6 is 0 Å². The van der Waals surface area contributed by atoms with Gasteiger partial charge in [-0.2, -0.15) is 47.4 Å². The molecule has 0 aromatic heterocycles. The van der Waals surface area contributed by atoms with Crippen LogP contribution < -0.4 is 0 Å². The summed E-state index contributed by atoms with van der Waals surface area (Å²) in [6, 6.07) is 25.5. The third kappa shape index (κ3) is 131. The minimum Gasteiger partial charge on any atom is -0.193 e. The second kappa shape index (κ2) is 83.3. The minimum atomic E-state index is 0.853. The van der Waals surface area contributed by atoms with Gasteiger partial charge in [-0.05, 0) is 11.1 Å². The molecule has 0 bridgehead atoms. The molecular weight excluding hydrogens is 594 g/mol. The van der Waals surface area contributed by atoms with E-state index in [0.29, 0.717) is 0 Å². The van der Waals surface area contributed by atoms with Crippen molar-refractivity contribution >= 4 is 6.08 Å². The molecule has 48 heavy (non-hydrogen) atoms. The van der Waals surface area contributed by atoms with Crippen LogP contribution in [-0.2, 0) is 0 Å². The van der Waals surface area contributed by atoms with Crippen LogP contribution in [0.4, 0.5) is 0 Å². The lowest BCUT2D eigenvalue weighted by Gasteiger charge is -1.92. The van der Waals surface area contributed by atoms with Crippen molar-refractivity contribution in [1.82, 2.24) is 0 Å². The molecule has 9 heteroatoms. The van der Waals surface area contributed by atoms with Gasteiger partial charge in [-0.3, -0.25) is 0 Å². The molecule has 0 amide bonds. The van der Waals surface area contributed by atoms with E-state index in [1.54, 1.807) is 60.7 Å². The van der Waals surface area contributed by atoms with Crippen LogP contribution in [-0.4, -0.2) is 0 Å².